The van der Waals surface area contributed by atoms with Crippen molar-refractivity contribution in [3.05, 3.63) is 29.3 Å². The van der Waals surface area contributed by atoms with Crippen molar-refractivity contribution in [1.29, 1.82) is 0 Å². The third-order valence-corrected chi connectivity index (χ3v) is 4.79. The first-order valence-electron chi connectivity index (χ1n) is 8.46. The Balaban J connectivity index is 1.78. The Morgan fingerprint density at radius 3 is 2.92 bits per heavy atom. The van der Waals surface area contributed by atoms with E-state index in [1.165, 1.54) is 17.7 Å². The van der Waals surface area contributed by atoms with Crippen molar-refractivity contribution in [2.24, 2.45) is 11.8 Å². The summed E-state index contributed by atoms with van der Waals surface area (Å²) < 4.78 is 0. The van der Waals surface area contributed by atoms with E-state index in [9.17, 15) is 9.59 Å². The van der Waals surface area contributed by atoms with Gasteiger partial charge in [-0.2, -0.15) is 0 Å². The molecule has 0 saturated carbocycles. The number of likely N-dealkylation sites (N-methyl/N-ethyl adjacent to an activating group) is 1. The Kier molecular flexibility index (Phi) is 7.06. The Labute approximate surface area is 148 Å². The smallest absolute Gasteiger partial charge is 0.243 e. The summed E-state index contributed by atoms with van der Waals surface area (Å²) in [4.78, 5) is 25.9. The van der Waals surface area contributed by atoms with Gasteiger partial charge in [-0.05, 0) is 56.0 Å². The Hall–Kier alpha value is -1.59. The van der Waals surface area contributed by atoms with E-state index >= 15 is 0 Å². The Morgan fingerprint density at radius 2 is 2.25 bits per heavy atom. The van der Waals surface area contributed by atoms with Crippen LogP contribution in [-0.2, 0) is 9.59 Å². The monoisotopic (exact) mass is 351 g/mol. The molecule has 1 heterocycles. The minimum atomic E-state index is -0.222. The predicted molar refractivity (Wildman–Crippen MR) is 97.1 cm³/mol. The average molecular weight is 352 g/mol. The molecule has 0 radical (unpaired) electrons. The molecule has 2 unspecified atom stereocenters. The van der Waals surface area contributed by atoms with Crippen molar-refractivity contribution in [3.8, 4) is 0 Å². The number of benzene rings is 1. The quantitative estimate of drug-likeness (QED) is 0.828. The van der Waals surface area contributed by atoms with Gasteiger partial charge < -0.3 is 15.5 Å². The van der Waals surface area contributed by atoms with E-state index in [1.54, 1.807) is 31.3 Å². The van der Waals surface area contributed by atoms with E-state index in [0.29, 0.717) is 29.0 Å². The van der Waals surface area contributed by atoms with Crippen LogP contribution >= 0.6 is 11.6 Å². The molecule has 1 saturated heterocycles. The van der Waals surface area contributed by atoms with Gasteiger partial charge in [0.2, 0.25) is 11.8 Å². The van der Waals surface area contributed by atoms with E-state index in [-0.39, 0.29) is 18.4 Å². The van der Waals surface area contributed by atoms with Gasteiger partial charge in [0.05, 0.1) is 6.54 Å². The zero-order valence-electron chi connectivity index (χ0n) is 14.3. The van der Waals surface area contributed by atoms with E-state index < -0.39 is 0 Å². The molecule has 1 aromatic carbocycles. The van der Waals surface area contributed by atoms with E-state index in [1.807, 2.05) is 0 Å². The maximum absolute atomic E-state index is 12.3. The molecular formula is C18H26ClN3O2. The van der Waals surface area contributed by atoms with Crippen molar-refractivity contribution in [2.75, 3.05) is 32.0 Å². The Bertz CT molecular complexity index is 573. The zero-order valence-corrected chi connectivity index (χ0v) is 15.1. The number of carbonyl (C=O) groups is 2. The number of piperidine rings is 1. The Morgan fingerprint density at radius 1 is 1.46 bits per heavy atom. The number of amides is 2. The SMILES string of the molecule is CC(CC(=O)N(C)CC(=O)Nc1cccc(Cl)c1)C1CCCNC1. The molecule has 0 bridgehead atoms. The topological polar surface area (TPSA) is 61.4 Å². The third kappa shape index (κ3) is 5.80. The number of hydrogen-bond acceptors (Lipinski definition) is 3. The highest BCUT2D eigenvalue weighted by Gasteiger charge is 2.24. The highest BCUT2D eigenvalue weighted by molar-refractivity contribution is 6.30. The van der Waals surface area contributed by atoms with Gasteiger partial charge in [-0.25, -0.2) is 0 Å². The normalized spacial score (nSPS) is 18.7. The number of halogens is 1. The van der Waals surface area contributed by atoms with Crippen molar-refractivity contribution in [1.82, 2.24) is 10.2 Å². The molecular weight excluding hydrogens is 326 g/mol. The van der Waals surface area contributed by atoms with Crippen LogP contribution in [0.2, 0.25) is 5.02 Å². The second kappa shape index (κ2) is 9.04. The first-order chi connectivity index (χ1) is 11.5. The summed E-state index contributed by atoms with van der Waals surface area (Å²) in [7, 11) is 1.67. The van der Waals surface area contributed by atoms with Crippen LogP contribution < -0.4 is 10.6 Å². The second-order valence-corrected chi connectivity index (χ2v) is 7.03. The summed E-state index contributed by atoms with van der Waals surface area (Å²) in [6.07, 6.45) is 2.81. The van der Waals surface area contributed by atoms with Gasteiger partial charge in [-0.1, -0.05) is 24.6 Å². The molecule has 1 aliphatic rings. The second-order valence-electron chi connectivity index (χ2n) is 6.60. The predicted octanol–water partition coefficient (Wildman–Crippen LogP) is 2.76. The molecule has 2 rings (SSSR count). The van der Waals surface area contributed by atoms with Gasteiger partial charge in [0.25, 0.3) is 0 Å². The lowest BCUT2D eigenvalue weighted by Crippen LogP contribution is -2.38. The fourth-order valence-electron chi connectivity index (χ4n) is 3.03. The van der Waals surface area contributed by atoms with Crippen LogP contribution in [0.4, 0.5) is 5.69 Å². The largest absolute Gasteiger partial charge is 0.336 e. The number of hydrogen-bond donors (Lipinski definition) is 2. The molecule has 1 fully saturated rings. The van der Waals surface area contributed by atoms with Gasteiger partial charge in [-0.3, -0.25) is 9.59 Å². The maximum Gasteiger partial charge on any atom is 0.243 e. The minimum Gasteiger partial charge on any atom is -0.336 e. The average Bonchev–Trinajstić information content (AvgIpc) is 2.55. The standard InChI is InChI=1S/C18H26ClN3O2/c1-13(14-5-4-8-20-11-14)9-18(24)22(2)12-17(23)21-16-7-3-6-15(19)10-16/h3,6-7,10,13-14,20H,4-5,8-9,11-12H2,1-2H3,(H,21,23). The lowest BCUT2D eigenvalue weighted by Gasteiger charge is -2.29. The number of nitrogens with zero attached hydrogens (tertiary/aromatic N) is 1. The molecule has 0 aromatic heterocycles. The molecule has 0 aliphatic carbocycles. The number of rotatable bonds is 6. The van der Waals surface area contributed by atoms with Gasteiger partial charge in [0, 0.05) is 24.2 Å². The molecule has 2 amide bonds. The highest BCUT2D eigenvalue weighted by Crippen LogP contribution is 2.23. The molecule has 24 heavy (non-hydrogen) atoms. The fraction of sp³-hybridized carbons (Fsp3) is 0.556. The van der Waals surface area contributed by atoms with Crippen LogP contribution in [0.3, 0.4) is 0 Å². The summed E-state index contributed by atoms with van der Waals surface area (Å²) in [6.45, 7) is 4.21. The van der Waals surface area contributed by atoms with Crippen LogP contribution in [0.15, 0.2) is 24.3 Å². The summed E-state index contributed by atoms with van der Waals surface area (Å²) in [5.41, 5.74) is 0.634. The molecule has 132 valence electrons. The van der Waals surface area contributed by atoms with E-state index in [0.717, 1.165) is 13.1 Å². The first-order valence-corrected chi connectivity index (χ1v) is 8.83. The molecule has 0 spiro atoms. The molecule has 5 nitrogen and oxygen atoms in total. The minimum absolute atomic E-state index is 0.00863. The summed E-state index contributed by atoms with van der Waals surface area (Å²) in [6, 6.07) is 6.96. The van der Waals surface area contributed by atoms with Gasteiger partial charge in [0.1, 0.15) is 0 Å². The summed E-state index contributed by atoms with van der Waals surface area (Å²) in [5, 5.41) is 6.70. The first kappa shape index (κ1) is 18.7. The van der Waals surface area contributed by atoms with Gasteiger partial charge in [0.15, 0.2) is 0 Å². The molecule has 1 aromatic rings. The molecule has 6 heteroatoms. The molecule has 2 atom stereocenters. The van der Waals surface area contributed by atoms with Crippen LogP contribution in [0, 0.1) is 11.8 Å². The van der Waals surface area contributed by atoms with E-state index in [2.05, 4.69) is 17.6 Å². The van der Waals surface area contributed by atoms with E-state index in [4.69, 9.17) is 11.6 Å². The van der Waals surface area contributed by atoms with Gasteiger partial charge >= 0.3 is 0 Å². The lowest BCUT2D eigenvalue weighted by atomic mass is 9.85. The van der Waals surface area contributed by atoms with Crippen LogP contribution in [-0.4, -0.2) is 43.4 Å². The summed E-state index contributed by atoms with van der Waals surface area (Å²) in [5.74, 6) is 0.648. The van der Waals surface area contributed by atoms with Crippen molar-refractivity contribution in [3.63, 3.8) is 0 Å². The van der Waals surface area contributed by atoms with Gasteiger partial charge in [-0.15, -0.1) is 0 Å². The lowest BCUT2D eigenvalue weighted by molar-refractivity contribution is -0.134. The number of anilines is 1. The number of carbonyl (C=O) groups excluding carboxylic acids is 2. The van der Waals surface area contributed by atoms with Crippen LogP contribution in [0.5, 0.6) is 0 Å². The fourth-order valence-corrected chi connectivity index (χ4v) is 3.22. The molecule has 2 N–H and O–H groups in total. The highest BCUT2D eigenvalue weighted by atomic mass is 35.5. The number of nitrogens with one attached hydrogen (secondary N) is 2. The van der Waals surface area contributed by atoms with Crippen molar-refractivity contribution < 1.29 is 9.59 Å². The van der Waals surface area contributed by atoms with Crippen LogP contribution in [0.1, 0.15) is 26.2 Å². The maximum atomic E-state index is 12.3. The van der Waals surface area contributed by atoms with Crippen molar-refractivity contribution >= 4 is 29.1 Å². The third-order valence-electron chi connectivity index (χ3n) is 4.55. The molecule has 1 aliphatic heterocycles. The zero-order chi connectivity index (χ0) is 17.5. The summed E-state index contributed by atoms with van der Waals surface area (Å²) >= 11 is 5.89. The van der Waals surface area contributed by atoms with Crippen molar-refractivity contribution in [2.45, 2.75) is 26.2 Å². The van der Waals surface area contributed by atoms with Crippen LogP contribution in [0.25, 0.3) is 0 Å².